The number of aldehydes is 1. The van der Waals surface area contributed by atoms with Gasteiger partial charge < -0.3 is 10.7 Å². The van der Waals surface area contributed by atoms with Crippen molar-refractivity contribution in [3.05, 3.63) is 27.1 Å². The number of hydrogen-bond donors (Lipinski definition) is 2. The molecule has 5 heteroatoms. The van der Waals surface area contributed by atoms with E-state index in [1.54, 1.807) is 0 Å². The summed E-state index contributed by atoms with van der Waals surface area (Å²) in [4.78, 5) is 23.1. The summed E-state index contributed by atoms with van der Waals surface area (Å²) in [6.07, 6.45) is 0.494. The smallest absolute Gasteiger partial charge is 0.251 e. The van der Waals surface area contributed by atoms with Crippen LogP contribution in [0.3, 0.4) is 0 Å². The zero-order chi connectivity index (χ0) is 8.43. The summed E-state index contributed by atoms with van der Waals surface area (Å²) in [5.74, 6) is 0. The maximum Gasteiger partial charge on any atom is 0.251 e. The Balaban J connectivity index is 3.48. The first kappa shape index (κ1) is 7.81. The zero-order valence-corrected chi connectivity index (χ0v) is 6.18. The van der Waals surface area contributed by atoms with Gasteiger partial charge in [0, 0.05) is 6.07 Å². The molecule has 4 nitrogen and oxygen atoms in total. The number of halogens is 1. The van der Waals surface area contributed by atoms with Gasteiger partial charge in [-0.25, -0.2) is 0 Å². The van der Waals surface area contributed by atoms with E-state index < -0.39 is 5.56 Å². The van der Waals surface area contributed by atoms with Crippen molar-refractivity contribution in [3.8, 4) is 0 Å². The Hall–Kier alpha value is -1.29. The number of rotatable bonds is 1. The minimum absolute atomic E-state index is 0.0231. The molecule has 1 aromatic rings. The Morgan fingerprint density at radius 3 is 2.73 bits per heavy atom. The molecular formula is C6H5ClN2O2. The standard InChI is InChI=1S/C6H5ClN2O2/c7-6-3(2-10)4(8)1-5(11)9-6/h1-2H,(H3,8,9,11). The predicted molar refractivity (Wildman–Crippen MR) is 41.9 cm³/mol. The summed E-state index contributed by atoms with van der Waals surface area (Å²) in [5.41, 5.74) is 5.09. The van der Waals surface area contributed by atoms with E-state index in [1.165, 1.54) is 0 Å². The molecule has 1 rings (SSSR count). The van der Waals surface area contributed by atoms with Crippen LogP contribution in [0.5, 0.6) is 0 Å². The Bertz CT molecular complexity index is 319. The molecule has 0 fully saturated rings. The maximum absolute atomic E-state index is 10.6. The Morgan fingerprint density at radius 2 is 2.27 bits per heavy atom. The monoisotopic (exact) mass is 172 g/mol. The third-order valence-corrected chi connectivity index (χ3v) is 1.48. The average molecular weight is 173 g/mol. The van der Waals surface area contributed by atoms with E-state index in [-0.39, 0.29) is 16.4 Å². The lowest BCUT2D eigenvalue weighted by Gasteiger charge is -1.97. The van der Waals surface area contributed by atoms with Crippen LogP contribution in [0.4, 0.5) is 5.69 Å². The van der Waals surface area contributed by atoms with E-state index in [9.17, 15) is 9.59 Å². The SMILES string of the molecule is Nc1cc(=O)[nH]c(Cl)c1C=O. The van der Waals surface area contributed by atoms with Gasteiger partial charge in [-0.2, -0.15) is 0 Å². The molecule has 0 saturated heterocycles. The van der Waals surface area contributed by atoms with Gasteiger partial charge in [-0.1, -0.05) is 11.6 Å². The van der Waals surface area contributed by atoms with Gasteiger partial charge in [0.25, 0.3) is 5.56 Å². The number of carbonyl (C=O) groups excluding carboxylic acids is 1. The number of hydrogen-bond acceptors (Lipinski definition) is 3. The third-order valence-electron chi connectivity index (χ3n) is 1.18. The van der Waals surface area contributed by atoms with Crippen LogP contribution in [-0.4, -0.2) is 11.3 Å². The molecule has 11 heavy (non-hydrogen) atoms. The topological polar surface area (TPSA) is 76.0 Å². The highest BCUT2D eigenvalue weighted by molar-refractivity contribution is 6.32. The molecule has 0 unspecified atom stereocenters. The molecule has 0 aliphatic carbocycles. The highest BCUT2D eigenvalue weighted by Gasteiger charge is 2.03. The molecule has 0 amide bonds. The molecule has 0 aliphatic rings. The van der Waals surface area contributed by atoms with E-state index in [1.807, 2.05) is 0 Å². The van der Waals surface area contributed by atoms with Crippen LogP contribution in [0.2, 0.25) is 5.15 Å². The summed E-state index contributed by atoms with van der Waals surface area (Å²) >= 11 is 5.47. The quantitative estimate of drug-likeness (QED) is 0.476. The largest absolute Gasteiger partial charge is 0.398 e. The number of nitrogen functional groups attached to an aromatic ring is 1. The van der Waals surface area contributed by atoms with E-state index in [0.717, 1.165) is 6.07 Å². The van der Waals surface area contributed by atoms with Gasteiger partial charge in [-0.3, -0.25) is 9.59 Å². The van der Waals surface area contributed by atoms with Gasteiger partial charge in [-0.05, 0) is 0 Å². The first-order valence-corrected chi connectivity index (χ1v) is 3.16. The first-order valence-electron chi connectivity index (χ1n) is 2.78. The highest BCUT2D eigenvalue weighted by atomic mass is 35.5. The minimum atomic E-state index is -0.418. The fourth-order valence-electron chi connectivity index (χ4n) is 0.677. The van der Waals surface area contributed by atoms with Crippen LogP contribution in [0.25, 0.3) is 0 Å². The predicted octanol–water partition coefficient (Wildman–Crippen LogP) is 0.423. The molecule has 0 saturated carbocycles. The van der Waals surface area contributed by atoms with Gasteiger partial charge >= 0.3 is 0 Å². The lowest BCUT2D eigenvalue weighted by molar-refractivity contribution is 0.112. The lowest BCUT2D eigenvalue weighted by Crippen LogP contribution is -2.09. The van der Waals surface area contributed by atoms with Crippen molar-refractivity contribution in [3.63, 3.8) is 0 Å². The van der Waals surface area contributed by atoms with Crippen molar-refractivity contribution in [1.29, 1.82) is 0 Å². The maximum atomic E-state index is 10.6. The van der Waals surface area contributed by atoms with Crippen LogP contribution in [0, 0.1) is 0 Å². The summed E-state index contributed by atoms with van der Waals surface area (Å²) in [6, 6.07) is 1.11. The number of nitrogens with two attached hydrogens (primary N) is 1. The van der Waals surface area contributed by atoms with Gasteiger partial charge in [0.05, 0.1) is 11.3 Å². The molecule has 0 radical (unpaired) electrons. The lowest BCUT2D eigenvalue weighted by atomic mass is 10.2. The van der Waals surface area contributed by atoms with Gasteiger partial charge in [0.2, 0.25) is 0 Å². The Morgan fingerprint density at radius 1 is 1.64 bits per heavy atom. The molecule has 0 aromatic carbocycles. The third kappa shape index (κ3) is 1.40. The van der Waals surface area contributed by atoms with Crippen molar-refractivity contribution >= 4 is 23.6 Å². The summed E-state index contributed by atoms with van der Waals surface area (Å²) in [6.45, 7) is 0. The van der Waals surface area contributed by atoms with E-state index in [4.69, 9.17) is 17.3 Å². The number of nitrogens with one attached hydrogen (secondary N) is 1. The minimum Gasteiger partial charge on any atom is -0.398 e. The number of anilines is 1. The van der Waals surface area contributed by atoms with Crippen LogP contribution in [0.15, 0.2) is 10.9 Å². The van der Waals surface area contributed by atoms with Gasteiger partial charge in [0.1, 0.15) is 5.15 Å². The van der Waals surface area contributed by atoms with Crippen LogP contribution < -0.4 is 11.3 Å². The van der Waals surface area contributed by atoms with Crippen molar-refractivity contribution in [2.75, 3.05) is 5.73 Å². The second kappa shape index (κ2) is 2.75. The van der Waals surface area contributed by atoms with Crippen molar-refractivity contribution in [2.24, 2.45) is 0 Å². The van der Waals surface area contributed by atoms with Crippen LogP contribution in [-0.2, 0) is 0 Å². The van der Waals surface area contributed by atoms with Crippen LogP contribution >= 0.6 is 11.6 Å². The second-order valence-electron chi connectivity index (χ2n) is 1.93. The average Bonchev–Trinajstić information content (AvgIpc) is 1.85. The number of pyridine rings is 1. The number of aromatic amines is 1. The van der Waals surface area contributed by atoms with E-state index in [2.05, 4.69) is 4.98 Å². The molecular weight excluding hydrogens is 168 g/mol. The van der Waals surface area contributed by atoms with Gasteiger partial charge in [0.15, 0.2) is 6.29 Å². The molecule has 0 bridgehead atoms. The van der Waals surface area contributed by atoms with Gasteiger partial charge in [-0.15, -0.1) is 0 Å². The fourth-order valence-corrected chi connectivity index (χ4v) is 0.924. The Kier molecular flexibility index (Phi) is 1.96. The zero-order valence-electron chi connectivity index (χ0n) is 5.43. The first-order chi connectivity index (χ1) is 5.15. The van der Waals surface area contributed by atoms with Crippen molar-refractivity contribution in [2.45, 2.75) is 0 Å². The molecule has 0 spiro atoms. The molecule has 0 aliphatic heterocycles. The second-order valence-corrected chi connectivity index (χ2v) is 2.31. The molecule has 58 valence electrons. The summed E-state index contributed by atoms with van der Waals surface area (Å²) in [7, 11) is 0. The highest BCUT2D eigenvalue weighted by Crippen LogP contribution is 2.13. The summed E-state index contributed by atoms with van der Waals surface area (Å²) < 4.78 is 0. The molecule has 1 heterocycles. The summed E-state index contributed by atoms with van der Waals surface area (Å²) in [5, 5.41) is -0.0231. The van der Waals surface area contributed by atoms with Crippen LogP contribution in [0.1, 0.15) is 10.4 Å². The fraction of sp³-hybridized carbons (Fsp3) is 0. The van der Waals surface area contributed by atoms with E-state index in [0.29, 0.717) is 6.29 Å². The van der Waals surface area contributed by atoms with E-state index >= 15 is 0 Å². The molecule has 1 aromatic heterocycles. The van der Waals surface area contributed by atoms with Crippen molar-refractivity contribution < 1.29 is 4.79 Å². The number of carbonyl (C=O) groups is 1. The molecule has 0 atom stereocenters. The number of aromatic nitrogens is 1. The Labute approximate surface area is 67.0 Å². The number of H-pyrrole nitrogens is 1. The normalized spacial score (nSPS) is 9.55. The molecule has 3 N–H and O–H groups in total. The van der Waals surface area contributed by atoms with Crippen molar-refractivity contribution in [1.82, 2.24) is 4.98 Å².